The second kappa shape index (κ2) is 30.9. The Hall–Kier alpha value is -0.660. The molecule has 2 heteroatoms. The van der Waals surface area contributed by atoms with Gasteiger partial charge in [0.2, 0.25) is 0 Å². The lowest BCUT2D eigenvalue weighted by molar-refractivity contribution is -0.127. The quantitative estimate of drug-likeness (QED) is 0.0488. The molecule has 1 unspecified atom stereocenters. The van der Waals surface area contributed by atoms with E-state index < -0.39 is 0 Å². The predicted molar refractivity (Wildman–Crippen MR) is 169 cm³/mol. The Balaban J connectivity index is 3.42. The monoisotopic (exact) mass is 535 g/mol. The zero-order chi connectivity index (χ0) is 27.9. The van der Waals surface area contributed by atoms with E-state index in [4.69, 9.17) is 0 Å². The second-order valence-electron chi connectivity index (χ2n) is 12.8. The Morgan fingerprint density at radius 2 is 0.789 bits per heavy atom. The Morgan fingerprint density at radius 1 is 0.474 bits per heavy atom. The van der Waals surface area contributed by atoms with Gasteiger partial charge in [-0.15, -0.1) is 0 Å². The maximum atomic E-state index is 12.4. The van der Waals surface area contributed by atoms with Crippen LogP contribution in [0.15, 0.2) is 0 Å². The molecule has 0 rings (SSSR count). The molecule has 0 saturated carbocycles. The number of hydrogen-bond donors (Lipinski definition) is 0. The number of ketones is 1. The van der Waals surface area contributed by atoms with Crippen LogP contribution in [0.5, 0.6) is 0 Å². The van der Waals surface area contributed by atoms with Gasteiger partial charge in [-0.3, -0.25) is 4.79 Å². The number of Topliss-reactive ketones (excluding diaryl/α,β-unsaturated/α-hetero) is 1. The Bertz CT molecular complexity index is 484. The summed E-state index contributed by atoms with van der Waals surface area (Å²) in [5.41, 5.74) is 0. The van der Waals surface area contributed by atoms with Crippen molar-refractivity contribution in [3.05, 3.63) is 0 Å². The maximum Gasteiger partial charge on any atom is 0.143 e. The minimum atomic E-state index is -0.336. The summed E-state index contributed by atoms with van der Waals surface area (Å²) in [4.78, 5) is 23.9. The van der Waals surface area contributed by atoms with Gasteiger partial charge in [0.25, 0.3) is 0 Å². The topological polar surface area (TPSA) is 34.1 Å². The normalized spacial score (nSPS) is 12.3. The van der Waals surface area contributed by atoms with Crippen LogP contribution >= 0.6 is 0 Å². The zero-order valence-electron chi connectivity index (χ0n) is 26.6. The summed E-state index contributed by atoms with van der Waals surface area (Å²) in [6.45, 7) is 6.92. The Labute approximate surface area is 240 Å². The van der Waals surface area contributed by atoms with Gasteiger partial charge in [-0.2, -0.15) is 0 Å². The lowest BCUT2D eigenvalue weighted by Gasteiger charge is -2.09. The second-order valence-corrected chi connectivity index (χ2v) is 12.8. The molecular weight excluding hydrogens is 464 g/mol. The predicted octanol–water partition coefficient (Wildman–Crippen LogP) is 12.4. The van der Waals surface area contributed by atoms with Gasteiger partial charge in [0, 0.05) is 6.42 Å². The highest BCUT2D eigenvalue weighted by Gasteiger charge is 2.16. The van der Waals surface area contributed by atoms with Gasteiger partial charge < -0.3 is 4.79 Å². The highest BCUT2D eigenvalue weighted by atomic mass is 16.1. The third-order valence-electron chi connectivity index (χ3n) is 8.40. The van der Waals surface area contributed by atoms with E-state index in [1.54, 1.807) is 0 Å². The van der Waals surface area contributed by atoms with E-state index in [9.17, 15) is 9.59 Å². The fourth-order valence-corrected chi connectivity index (χ4v) is 5.67. The van der Waals surface area contributed by atoms with Crippen molar-refractivity contribution >= 4 is 12.1 Å². The van der Waals surface area contributed by atoms with E-state index in [1.165, 1.54) is 154 Å². The number of hydrogen-bond acceptors (Lipinski definition) is 2. The fourth-order valence-electron chi connectivity index (χ4n) is 5.67. The average Bonchev–Trinajstić information content (AvgIpc) is 2.90. The van der Waals surface area contributed by atoms with Gasteiger partial charge in [0.05, 0.1) is 5.92 Å². The minimum absolute atomic E-state index is 0.197. The molecule has 1 atom stereocenters. The number of rotatable bonds is 32. The molecule has 0 aromatic rings. The summed E-state index contributed by atoms with van der Waals surface area (Å²) in [5, 5.41) is 0. The summed E-state index contributed by atoms with van der Waals surface area (Å²) < 4.78 is 0. The van der Waals surface area contributed by atoms with Crippen molar-refractivity contribution in [1.29, 1.82) is 0 Å². The molecule has 0 heterocycles. The first-order chi connectivity index (χ1) is 18.6. The van der Waals surface area contributed by atoms with Gasteiger partial charge >= 0.3 is 0 Å². The fraction of sp³-hybridized carbons (Fsp3) is 0.944. The van der Waals surface area contributed by atoms with Crippen LogP contribution in [0.3, 0.4) is 0 Å². The van der Waals surface area contributed by atoms with E-state index in [2.05, 4.69) is 20.8 Å². The summed E-state index contributed by atoms with van der Waals surface area (Å²) in [6.07, 6.45) is 38.3. The van der Waals surface area contributed by atoms with E-state index in [0.717, 1.165) is 37.9 Å². The molecule has 0 spiro atoms. The van der Waals surface area contributed by atoms with Crippen LogP contribution in [0.2, 0.25) is 0 Å². The molecule has 0 N–H and O–H groups in total. The number of carbonyl (C=O) groups excluding carboxylic acids is 2. The van der Waals surface area contributed by atoms with Crippen LogP contribution in [0.1, 0.15) is 207 Å². The van der Waals surface area contributed by atoms with Gasteiger partial charge in [0.15, 0.2) is 0 Å². The molecular formula is C36H70O2. The Morgan fingerprint density at radius 3 is 1.13 bits per heavy atom. The molecule has 38 heavy (non-hydrogen) atoms. The van der Waals surface area contributed by atoms with Crippen molar-refractivity contribution in [3.8, 4) is 0 Å². The zero-order valence-corrected chi connectivity index (χ0v) is 26.6. The third-order valence-corrected chi connectivity index (χ3v) is 8.40. The summed E-state index contributed by atoms with van der Waals surface area (Å²) >= 11 is 0. The first-order valence-electron chi connectivity index (χ1n) is 17.6. The minimum Gasteiger partial charge on any atom is -0.303 e. The van der Waals surface area contributed by atoms with Crippen LogP contribution in [0.25, 0.3) is 0 Å². The van der Waals surface area contributed by atoms with Gasteiger partial charge in [-0.25, -0.2) is 0 Å². The van der Waals surface area contributed by atoms with Crippen LogP contribution in [0.4, 0.5) is 0 Å². The maximum absolute atomic E-state index is 12.4. The third kappa shape index (κ3) is 28.4. The molecule has 226 valence electrons. The molecule has 2 nitrogen and oxygen atoms in total. The van der Waals surface area contributed by atoms with E-state index in [-0.39, 0.29) is 11.7 Å². The van der Waals surface area contributed by atoms with Crippen molar-refractivity contribution in [3.63, 3.8) is 0 Å². The van der Waals surface area contributed by atoms with Crippen molar-refractivity contribution < 1.29 is 9.59 Å². The van der Waals surface area contributed by atoms with Crippen molar-refractivity contribution in [2.45, 2.75) is 207 Å². The first-order valence-corrected chi connectivity index (χ1v) is 17.6. The van der Waals surface area contributed by atoms with Gasteiger partial charge in [0.1, 0.15) is 12.1 Å². The highest BCUT2D eigenvalue weighted by Crippen LogP contribution is 2.18. The molecule has 0 amide bonds. The number of aldehydes is 1. The van der Waals surface area contributed by atoms with Crippen LogP contribution in [-0.4, -0.2) is 12.1 Å². The van der Waals surface area contributed by atoms with Crippen LogP contribution < -0.4 is 0 Å². The van der Waals surface area contributed by atoms with E-state index >= 15 is 0 Å². The molecule has 0 aromatic carbocycles. The average molecular weight is 535 g/mol. The first kappa shape index (κ1) is 37.3. The summed E-state index contributed by atoms with van der Waals surface area (Å²) in [6, 6.07) is 0. The van der Waals surface area contributed by atoms with Gasteiger partial charge in [-0.05, 0) is 18.8 Å². The van der Waals surface area contributed by atoms with E-state index in [0.29, 0.717) is 6.42 Å². The molecule has 0 saturated heterocycles. The lowest BCUT2D eigenvalue weighted by Crippen LogP contribution is -2.15. The molecule has 0 aliphatic carbocycles. The molecule has 0 aliphatic heterocycles. The largest absolute Gasteiger partial charge is 0.303 e. The standard InChI is InChI=1S/C36H70O2/c1-4-5-6-7-8-9-10-11-12-13-17-20-23-26-29-32-36(38)35(33-37)31-28-25-22-19-16-14-15-18-21-24-27-30-34(2)3/h33-35H,4-32H2,1-3H3. The van der Waals surface area contributed by atoms with Crippen molar-refractivity contribution in [2.24, 2.45) is 11.8 Å². The van der Waals surface area contributed by atoms with Crippen LogP contribution in [-0.2, 0) is 9.59 Å². The smallest absolute Gasteiger partial charge is 0.143 e. The van der Waals surface area contributed by atoms with E-state index in [1.807, 2.05) is 0 Å². The van der Waals surface area contributed by atoms with Crippen LogP contribution in [0, 0.1) is 11.8 Å². The number of unbranched alkanes of at least 4 members (excludes halogenated alkanes) is 24. The molecule has 0 fully saturated rings. The summed E-state index contributed by atoms with van der Waals surface area (Å²) in [7, 11) is 0. The number of carbonyl (C=O) groups is 2. The summed E-state index contributed by atoms with van der Waals surface area (Å²) in [5.74, 6) is 0.717. The van der Waals surface area contributed by atoms with Crippen molar-refractivity contribution in [1.82, 2.24) is 0 Å². The van der Waals surface area contributed by atoms with Gasteiger partial charge in [-0.1, -0.05) is 188 Å². The molecule has 0 aliphatic rings. The van der Waals surface area contributed by atoms with Crippen molar-refractivity contribution in [2.75, 3.05) is 0 Å². The SMILES string of the molecule is CCCCCCCCCCCCCCCCCC(=O)C(C=O)CCCCCCCCCCCCCC(C)C. The lowest BCUT2D eigenvalue weighted by atomic mass is 9.94. The molecule has 0 aromatic heterocycles. The Kier molecular flexibility index (Phi) is 30.3. The molecule has 0 bridgehead atoms. The highest BCUT2D eigenvalue weighted by molar-refractivity contribution is 5.93. The molecule has 0 radical (unpaired) electrons.